The van der Waals surface area contributed by atoms with Crippen molar-refractivity contribution in [3.8, 4) is 0 Å². The lowest BCUT2D eigenvalue weighted by Gasteiger charge is -2.15. The summed E-state index contributed by atoms with van der Waals surface area (Å²) in [6.45, 7) is 8.26. The highest BCUT2D eigenvalue weighted by atomic mass is 15.1. The molecule has 0 heterocycles. The molecule has 0 saturated carbocycles. The van der Waals surface area contributed by atoms with E-state index in [-0.39, 0.29) is 0 Å². The third-order valence-corrected chi connectivity index (χ3v) is 1.70. The van der Waals surface area contributed by atoms with Crippen molar-refractivity contribution >= 4 is 6.34 Å². The number of hydrogen-bond donors (Lipinski definition) is 1. The van der Waals surface area contributed by atoms with E-state index in [1.165, 1.54) is 6.34 Å². The van der Waals surface area contributed by atoms with Crippen LogP contribution >= 0.6 is 0 Å². The highest BCUT2D eigenvalue weighted by molar-refractivity contribution is 5.53. The zero-order valence-electron chi connectivity index (χ0n) is 7.72. The molecule has 2 nitrogen and oxygen atoms in total. The minimum absolute atomic E-state index is 0.714. The Labute approximate surface area is 69.4 Å². The summed E-state index contributed by atoms with van der Waals surface area (Å²) in [6, 6.07) is 0. The fourth-order valence-electron chi connectivity index (χ4n) is 0.723. The van der Waals surface area contributed by atoms with Gasteiger partial charge in [-0.1, -0.05) is 20.4 Å². The summed E-state index contributed by atoms with van der Waals surface area (Å²) in [5.74, 6) is 0.714. The first-order valence-electron chi connectivity index (χ1n) is 3.99. The summed E-state index contributed by atoms with van der Waals surface area (Å²) in [5, 5.41) is 6.96. The highest BCUT2D eigenvalue weighted by Gasteiger charge is 1.99. The molecule has 0 saturated heterocycles. The molecule has 64 valence electrons. The smallest absolute Gasteiger partial charge is 0.0856 e. The van der Waals surface area contributed by atoms with Gasteiger partial charge >= 0.3 is 0 Å². The fraction of sp³-hybridized carbons (Fsp3) is 0.667. The van der Waals surface area contributed by atoms with Crippen molar-refractivity contribution < 1.29 is 0 Å². The van der Waals surface area contributed by atoms with Gasteiger partial charge in [0.1, 0.15) is 0 Å². The van der Waals surface area contributed by atoms with Crippen LogP contribution in [0.1, 0.15) is 26.7 Å². The molecule has 0 aliphatic carbocycles. The number of nitrogens with one attached hydrogen (secondary N) is 1. The van der Waals surface area contributed by atoms with Gasteiger partial charge in [-0.05, 0) is 18.8 Å². The van der Waals surface area contributed by atoms with Crippen molar-refractivity contribution in [1.29, 1.82) is 5.41 Å². The molecule has 0 aromatic heterocycles. The van der Waals surface area contributed by atoms with E-state index in [9.17, 15) is 0 Å². The minimum atomic E-state index is 0.714. The van der Waals surface area contributed by atoms with Gasteiger partial charge < -0.3 is 4.90 Å². The first kappa shape index (κ1) is 10.2. The van der Waals surface area contributed by atoms with Gasteiger partial charge in [-0.2, -0.15) is 0 Å². The van der Waals surface area contributed by atoms with Crippen LogP contribution in [0.3, 0.4) is 0 Å². The van der Waals surface area contributed by atoms with Crippen molar-refractivity contribution in [2.24, 2.45) is 5.92 Å². The first-order chi connectivity index (χ1) is 5.07. The molecular formula is C9H18N2. The third-order valence-electron chi connectivity index (χ3n) is 1.70. The summed E-state index contributed by atoms with van der Waals surface area (Å²) in [6.07, 6.45) is 3.43. The maximum absolute atomic E-state index is 6.96. The van der Waals surface area contributed by atoms with Crippen LogP contribution in [-0.2, 0) is 0 Å². The Morgan fingerprint density at radius 3 is 2.55 bits per heavy atom. The summed E-state index contributed by atoms with van der Waals surface area (Å²) < 4.78 is 0. The van der Waals surface area contributed by atoms with Gasteiger partial charge in [0, 0.05) is 12.7 Å². The molecule has 0 aliphatic heterocycles. The maximum Gasteiger partial charge on any atom is 0.0856 e. The molecule has 0 unspecified atom stereocenters. The molecule has 11 heavy (non-hydrogen) atoms. The molecular weight excluding hydrogens is 136 g/mol. The topological polar surface area (TPSA) is 27.1 Å². The van der Waals surface area contributed by atoms with Crippen LogP contribution in [0.25, 0.3) is 0 Å². The Hall–Kier alpha value is -0.790. The van der Waals surface area contributed by atoms with Gasteiger partial charge in [-0.25, -0.2) is 0 Å². The Morgan fingerprint density at radius 1 is 1.64 bits per heavy atom. The molecule has 1 N–H and O–H groups in total. The second-order valence-corrected chi connectivity index (χ2v) is 3.24. The molecule has 0 aromatic carbocycles. The van der Waals surface area contributed by atoms with E-state index in [2.05, 4.69) is 20.4 Å². The van der Waals surface area contributed by atoms with Gasteiger partial charge in [0.2, 0.25) is 0 Å². The van der Waals surface area contributed by atoms with Crippen LogP contribution in [0.15, 0.2) is 12.3 Å². The van der Waals surface area contributed by atoms with E-state index in [4.69, 9.17) is 5.41 Å². The predicted octanol–water partition coefficient (Wildman–Crippen LogP) is 2.48. The normalized spacial score (nSPS) is 9.82. The standard InChI is InChI=1S/C9H18N2/c1-8(2)5-6-9(3)11(4)7-10/h7-8,10H,3,5-6H2,1-2,4H3. The molecule has 0 amide bonds. The second kappa shape index (κ2) is 4.94. The summed E-state index contributed by atoms with van der Waals surface area (Å²) >= 11 is 0. The molecule has 0 radical (unpaired) electrons. The second-order valence-electron chi connectivity index (χ2n) is 3.24. The van der Waals surface area contributed by atoms with Gasteiger partial charge in [-0.3, -0.25) is 5.41 Å². The number of hydrogen-bond acceptors (Lipinski definition) is 1. The van der Waals surface area contributed by atoms with E-state index in [1.54, 1.807) is 4.90 Å². The van der Waals surface area contributed by atoms with Crippen molar-refractivity contribution in [3.63, 3.8) is 0 Å². The maximum atomic E-state index is 6.96. The Balaban J connectivity index is 3.60. The SMILES string of the molecule is C=C(CCC(C)C)N(C)C=N. The largest absolute Gasteiger partial charge is 0.340 e. The summed E-state index contributed by atoms with van der Waals surface area (Å²) in [7, 11) is 1.86. The Kier molecular flexibility index (Phi) is 4.59. The average molecular weight is 154 g/mol. The Bertz CT molecular complexity index is 138. The van der Waals surface area contributed by atoms with Crippen molar-refractivity contribution in [2.75, 3.05) is 7.05 Å². The van der Waals surface area contributed by atoms with Crippen LogP contribution in [0.5, 0.6) is 0 Å². The zero-order valence-corrected chi connectivity index (χ0v) is 7.72. The van der Waals surface area contributed by atoms with E-state index in [0.717, 1.165) is 18.5 Å². The van der Waals surface area contributed by atoms with Gasteiger partial charge in [0.25, 0.3) is 0 Å². The summed E-state index contributed by atoms with van der Waals surface area (Å²) in [4.78, 5) is 1.75. The zero-order chi connectivity index (χ0) is 8.85. The quantitative estimate of drug-likeness (QED) is 0.478. The Morgan fingerprint density at radius 2 is 2.18 bits per heavy atom. The van der Waals surface area contributed by atoms with Gasteiger partial charge in [-0.15, -0.1) is 0 Å². The monoisotopic (exact) mass is 154 g/mol. The molecule has 0 atom stereocenters. The van der Waals surface area contributed by atoms with Gasteiger partial charge in [0.05, 0.1) is 6.34 Å². The molecule has 0 rings (SSSR count). The molecule has 0 bridgehead atoms. The molecule has 0 aromatic rings. The van der Waals surface area contributed by atoms with Crippen LogP contribution in [0.4, 0.5) is 0 Å². The first-order valence-corrected chi connectivity index (χ1v) is 3.99. The highest BCUT2D eigenvalue weighted by Crippen LogP contribution is 2.10. The van der Waals surface area contributed by atoms with E-state index in [0.29, 0.717) is 5.92 Å². The number of nitrogens with zero attached hydrogens (tertiary/aromatic N) is 1. The van der Waals surface area contributed by atoms with E-state index in [1.807, 2.05) is 7.05 Å². The van der Waals surface area contributed by atoms with Crippen LogP contribution in [0, 0.1) is 11.3 Å². The summed E-state index contributed by atoms with van der Waals surface area (Å²) in [5.41, 5.74) is 1.02. The minimum Gasteiger partial charge on any atom is -0.340 e. The molecule has 2 heteroatoms. The van der Waals surface area contributed by atoms with Crippen molar-refractivity contribution in [1.82, 2.24) is 4.90 Å². The average Bonchev–Trinajstić information content (AvgIpc) is 1.98. The lowest BCUT2D eigenvalue weighted by atomic mass is 10.1. The van der Waals surface area contributed by atoms with Crippen LogP contribution in [-0.4, -0.2) is 18.3 Å². The predicted molar refractivity (Wildman–Crippen MR) is 49.8 cm³/mol. The third kappa shape index (κ3) is 4.59. The van der Waals surface area contributed by atoms with Crippen molar-refractivity contribution in [3.05, 3.63) is 12.3 Å². The number of rotatable bonds is 5. The van der Waals surface area contributed by atoms with Gasteiger partial charge in [0.15, 0.2) is 0 Å². The van der Waals surface area contributed by atoms with Crippen LogP contribution in [0.2, 0.25) is 0 Å². The molecule has 0 spiro atoms. The lowest BCUT2D eigenvalue weighted by molar-refractivity contribution is 0.525. The molecule has 0 aliphatic rings. The van der Waals surface area contributed by atoms with Crippen LogP contribution < -0.4 is 0 Å². The number of allylic oxidation sites excluding steroid dienone is 1. The van der Waals surface area contributed by atoms with Crippen molar-refractivity contribution in [2.45, 2.75) is 26.7 Å². The molecule has 0 fully saturated rings. The van der Waals surface area contributed by atoms with E-state index >= 15 is 0 Å². The lowest BCUT2D eigenvalue weighted by Crippen LogP contribution is -2.14. The van der Waals surface area contributed by atoms with E-state index < -0.39 is 0 Å². The fourth-order valence-corrected chi connectivity index (χ4v) is 0.723.